The molecule has 0 radical (unpaired) electrons. The number of hydrogen-bond donors (Lipinski definition) is 1. The van der Waals surface area contributed by atoms with Gasteiger partial charge in [-0.2, -0.15) is 0 Å². The molecular weight excluding hydrogens is 450 g/mol. The van der Waals surface area contributed by atoms with Gasteiger partial charge < -0.3 is 10.1 Å². The molecule has 2 unspecified atom stereocenters. The van der Waals surface area contributed by atoms with Crippen LogP contribution >= 0.6 is 27.7 Å². The number of alkyl halides is 1. The molecule has 0 bridgehead atoms. The number of rotatable bonds is 10. The first kappa shape index (κ1) is 25.8. The zero-order valence-electron chi connectivity index (χ0n) is 18.3. The average molecular weight is 485 g/mol. The highest BCUT2D eigenvalue weighted by atomic mass is 79.9. The highest BCUT2D eigenvalue weighted by Gasteiger charge is 2.22. The summed E-state index contributed by atoms with van der Waals surface area (Å²) < 4.78 is 5.40. The first-order valence-corrected chi connectivity index (χ1v) is 11.9. The summed E-state index contributed by atoms with van der Waals surface area (Å²) in [5, 5.41) is 3.66. The summed E-state index contributed by atoms with van der Waals surface area (Å²) in [6.07, 6.45) is 4.12. The van der Waals surface area contributed by atoms with E-state index in [0.717, 1.165) is 18.4 Å². The molecule has 0 fully saturated rings. The second-order valence-electron chi connectivity index (χ2n) is 8.25. The molecule has 0 saturated heterocycles. The maximum absolute atomic E-state index is 12.8. The van der Waals surface area contributed by atoms with Crippen molar-refractivity contribution in [1.29, 1.82) is 0 Å². The van der Waals surface area contributed by atoms with Crippen LogP contribution in [0.15, 0.2) is 41.4 Å². The summed E-state index contributed by atoms with van der Waals surface area (Å²) in [5.74, 6) is -0.777. The van der Waals surface area contributed by atoms with Crippen molar-refractivity contribution in [3.8, 4) is 0 Å². The number of esters is 1. The standard InChI is InChI=1S/C23H34BrNO3S/c1-7-11-19(24)17(3)29-20(15-21(26)28-23(4,5)6)25-22(27)16(2)14-18-12-9-8-10-13-18/h8-10,12-13,15-17,19H,7,11,14H2,1-6H3,(H,25,27)/b20-15+/t16?,17?,19-/m0/s1. The van der Waals surface area contributed by atoms with Crippen LogP contribution in [-0.4, -0.2) is 27.6 Å². The van der Waals surface area contributed by atoms with Gasteiger partial charge in [-0.3, -0.25) is 4.79 Å². The average Bonchev–Trinajstić information content (AvgIpc) is 2.60. The molecule has 0 saturated carbocycles. The summed E-state index contributed by atoms with van der Waals surface area (Å²) in [4.78, 5) is 25.4. The second kappa shape index (κ2) is 12.4. The molecule has 0 aliphatic carbocycles. The minimum absolute atomic E-state index is 0.107. The van der Waals surface area contributed by atoms with Gasteiger partial charge in [0.05, 0.1) is 11.1 Å². The SMILES string of the molecule is CCC[C@H](Br)C(C)S/C(=C/C(=O)OC(C)(C)C)NC(=O)C(C)Cc1ccccc1. The van der Waals surface area contributed by atoms with Crippen LogP contribution in [0.25, 0.3) is 0 Å². The van der Waals surface area contributed by atoms with Gasteiger partial charge in [-0.1, -0.05) is 73.5 Å². The van der Waals surface area contributed by atoms with Crippen LogP contribution in [0.2, 0.25) is 0 Å². The van der Waals surface area contributed by atoms with Crippen LogP contribution < -0.4 is 5.32 Å². The van der Waals surface area contributed by atoms with Gasteiger partial charge in [-0.05, 0) is 39.2 Å². The van der Waals surface area contributed by atoms with E-state index in [1.165, 1.54) is 17.8 Å². The number of benzene rings is 1. The Kier molecular flexibility index (Phi) is 11.0. The van der Waals surface area contributed by atoms with Crippen molar-refractivity contribution in [2.24, 2.45) is 5.92 Å². The molecule has 0 aliphatic rings. The molecule has 0 spiro atoms. The molecular formula is C23H34BrNO3S. The van der Waals surface area contributed by atoms with Gasteiger partial charge in [0.2, 0.25) is 5.91 Å². The second-order valence-corrected chi connectivity index (χ2v) is 10.8. The molecule has 0 aromatic heterocycles. The highest BCUT2D eigenvalue weighted by Crippen LogP contribution is 2.29. The van der Waals surface area contributed by atoms with E-state index in [9.17, 15) is 9.59 Å². The molecule has 1 rings (SSSR count). The monoisotopic (exact) mass is 483 g/mol. The minimum atomic E-state index is -0.584. The summed E-state index contributed by atoms with van der Waals surface area (Å²) in [5.41, 5.74) is 0.525. The van der Waals surface area contributed by atoms with Crippen LogP contribution in [0.1, 0.15) is 59.9 Å². The lowest BCUT2D eigenvalue weighted by Crippen LogP contribution is -2.31. The Balaban J connectivity index is 2.88. The Labute approximate surface area is 188 Å². The van der Waals surface area contributed by atoms with Gasteiger partial charge in [-0.15, -0.1) is 11.8 Å². The van der Waals surface area contributed by atoms with Gasteiger partial charge in [0.15, 0.2) is 0 Å². The molecule has 0 aliphatic heterocycles. The van der Waals surface area contributed by atoms with E-state index in [-0.39, 0.29) is 21.9 Å². The molecule has 6 heteroatoms. The third-order valence-corrected chi connectivity index (χ3v) is 6.90. The van der Waals surface area contributed by atoms with Crippen LogP contribution in [0.5, 0.6) is 0 Å². The molecule has 3 atom stereocenters. The van der Waals surface area contributed by atoms with Gasteiger partial charge >= 0.3 is 5.97 Å². The fourth-order valence-electron chi connectivity index (χ4n) is 2.63. The lowest BCUT2D eigenvalue weighted by atomic mass is 10.0. The number of carbonyl (C=O) groups is 2. The van der Waals surface area contributed by atoms with Gasteiger partial charge in [0.25, 0.3) is 0 Å². The molecule has 1 amide bonds. The van der Waals surface area contributed by atoms with E-state index in [4.69, 9.17) is 4.74 Å². The molecule has 1 aromatic carbocycles. The summed E-state index contributed by atoms with van der Waals surface area (Å²) >= 11 is 5.19. The minimum Gasteiger partial charge on any atom is -0.457 e. The van der Waals surface area contributed by atoms with Gasteiger partial charge in [0.1, 0.15) is 5.60 Å². The van der Waals surface area contributed by atoms with Crippen LogP contribution in [0.3, 0.4) is 0 Å². The van der Waals surface area contributed by atoms with Crippen LogP contribution in [0.4, 0.5) is 0 Å². The Hall–Kier alpha value is -1.27. The number of nitrogens with one attached hydrogen (secondary N) is 1. The topological polar surface area (TPSA) is 55.4 Å². The zero-order valence-corrected chi connectivity index (χ0v) is 20.7. The van der Waals surface area contributed by atoms with Gasteiger partial charge in [-0.25, -0.2) is 4.79 Å². The number of halogens is 1. The third kappa shape index (κ3) is 10.9. The maximum atomic E-state index is 12.8. The number of hydrogen-bond acceptors (Lipinski definition) is 4. The van der Waals surface area contributed by atoms with Gasteiger partial charge in [0, 0.05) is 16.0 Å². The molecule has 4 nitrogen and oxygen atoms in total. The molecule has 1 aromatic rings. The van der Waals surface area contributed by atoms with E-state index in [1.54, 1.807) is 0 Å². The van der Waals surface area contributed by atoms with Crippen molar-refractivity contribution in [2.75, 3.05) is 0 Å². The van der Waals surface area contributed by atoms with E-state index < -0.39 is 11.6 Å². The van der Waals surface area contributed by atoms with E-state index in [0.29, 0.717) is 11.4 Å². The normalized spacial score (nSPS) is 15.3. The predicted octanol–water partition coefficient (Wildman–Crippen LogP) is 5.85. The third-order valence-electron chi connectivity index (χ3n) is 4.12. The van der Waals surface area contributed by atoms with Crippen molar-refractivity contribution in [1.82, 2.24) is 5.32 Å². The fourth-order valence-corrected chi connectivity index (χ4v) is 4.42. The largest absolute Gasteiger partial charge is 0.457 e. The Morgan fingerprint density at radius 3 is 2.38 bits per heavy atom. The number of thioether (sulfide) groups is 1. The van der Waals surface area contributed by atoms with Crippen molar-refractivity contribution in [3.05, 3.63) is 47.0 Å². The summed E-state index contributed by atoms with van der Waals surface area (Å²) in [6, 6.07) is 9.92. The van der Waals surface area contributed by atoms with E-state index >= 15 is 0 Å². The van der Waals surface area contributed by atoms with E-state index in [2.05, 4.69) is 35.1 Å². The van der Waals surface area contributed by atoms with Crippen LogP contribution in [-0.2, 0) is 20.7 Å². The lowest BCUT2D eigenvalue weighted by molar-refractivity contribution is -0.148. The predicted molar refractivity (Wildman–Crippen MR) is 126 cm³/mol. The smallest absolute Gasteiger partial charge is 0.333 e. The number of amides is 1. The molecule has 162 valence electrons. The van der Waals surface area contributed by atoms with Crippen LogP contribution in [0, 0.1) is 5.92 Å². The quantitative estimate of drug-likeness (QED) is 0.257. The van der Waals surface area contributed by atoms with Crippen molar-refractivity contribution < 1.29 is 14.3 Å². The summed E-state index contributed by atoms with van der Waals surface area (Å²) in [6.45, 7) is 11.6. The Bertz CT molecular complexity index is 685. The lowest BCUT2D eigenvalue weighted by Gasteiger charge is -2.22. The van der Waals surface area contributed by atoms with Crippen molar-refractivity contribution >= 4 is 39.6 Å². The van der Waals surface area contributed by atoms with Crippen molar-refractivity contribution in [3.63, 3.8) is 0 Å². The first-order chi connectivity index (χ1) is 13.5. The summed E-state index contributed by atoms with van der Waals surface area (Å²) in [7, 11) is 0. The molecule has 0 heterocycles. The van der Waals surface area contributed by atoms with E-state index in [1.807, 2.05) is 58.0 Å². The Morgan fingerprint density at radius 1 is 1.21 bits per heavy atom. The maximum Gasteiger partial charge on any atom is 0.333 e. The number of carbonyl (C=O) groups excluding carboxylic acids is 2. The number of ether oxygens (including phenoxy) is 1. The molecule has 1 N–H and O–H groups in total. The first-order valence-electron chi connectivity index (χ1n) is 10.1. The Morgan fingerprint density at radius 2 is 1.83 bits per heavy atom. The van der Waals surface area contributed by atoms with Crippen molar-refractivity contribution in [2.45, 2.75) is 76.5 Å². The fraction of sp³-hybridized carbons (Fsp3) is 0.565. The molecule has 29 heavy (non-hydrogen) atoms. The zero-order chi connectivity index (χ0) is 22.0. The highest BCUT2D eigenvalue weighted by molar-refractivity contribution is 9.09.